The number of phosphoric ester groups is 1. The van der Waals surface area contributed by atoms with E-state index < -0.39 is 56.9 Å². The number of nitrogens with zero attached hydrogens (tertiary/aromatic N) is 4. The fourth-order valence-electron chi connectivity index (χ4n) is 7.20. The van der Waals surface area contributed by atoms with Crippen LogP contribution in [0.5, 0.6) is 11.5 Å². The third-order valence-corrected chi connectivity index (χ3v) is 10.3. The van der Waals surface area contributed by atoms with E-state index in [-0.39, 0.29) is 11.8 Å². The summed E-state index contributed by atoms with van der Waals surface area (Å²) in [6.45, 7) is 6.48. The van der Waals surface area contributed by atoms with Crippen LogP contribution in [0.15, 0.2) is 36.4 Å². The van der Waals surface area contributed by atoms with Crippen LogP contribution in [-0.4, -0.2) is 71.7 Å². The van der Waals surface area contributed by atoms with Gasteiger partial charge in [0, 0.05) is 37.1 Å². The van der Waals surface area contributed by atoms with Crippen LogP contribution in [0, 0.1) is 22.7 Å². The average molecular weight is 694 g/mol. The van der Waals surface area contributed by atoms with Crippen molar-refractivity contribution in [1.29, 1.82) is 10.5 Å². The van der Waals surface area contributed by atoms with E-state index in [0.29, 0.717) is 72.5 Å². The number of phosphoric acid groups is 1. The summed E-state index contributed by atoms with van der Waals surface area (Å²) in [6, 6.07) is 12.8. The number of amides is 2. The van der Waals surface area contributed by atoms with Crippen molar-refractivity contribution >= 4 is 19.6 Å². The van der Waals surface area contributed by atoms with Crippen LogP contribution in [0.4, 0.5) is 0 Å². The highest BCUT2D eigenvalue weighted by Gasteiger charge is 2.51. The second-order valence-electron chi connectivity index (χ2n) is 13.5. The van der Waals surface area contributed by atoms with Gasteiger partial charge in [-0.05, 0) is 76.9 Å². The molecule has 4 aliphatic heterocycles. The van der Waals surface area contributed by atoms with Crippen molar-refractivity contribution in [2.24, 2.45) is 0 Å². The Kier molecular flexibility index (Phi) is 9.50. The molecule has 0 saturated carbocycles. The summed E-state index contributed by atoms with van der Waals surface area (Å²) in [5.41, 5.74) is -0.122. The zero-order valence-corrected chi connectivity index (χ0v) is 28.6. The van der Waals surface area contributed by atoms with Crippen molar-refractivity contribution < 1.29 is 47.0 Å². The Morgan fingerprint density at radius 1 is 0.796 bits per heavy atom. The second kappa shape index (κ2) is 13.4. The standard InChI is InChI=1S/C34H39N4O10P/c1-33(2)31(29(37-13-5-7-27(37)39)23-15-21(17-35)9-11-25(23)47-33)43-19-45-49(41,42)46-20-44-32-30(38-14-6-8-28(38)40)24-16-22(18-36)10-12-26(24)48-34(32,3)4/h9-12,15-16,29-32H,5-8,13-14,19-20H2,1-4H3,(H,41,42)/p-1. The normalized spacial score (nSPS) is 26.5. The maximum atomic E-state index is 12.9. The molecule has 6 rings (SSSR count). The van der Waals surface area contributed by atoms with Gasteiger partial charge >= 0.3 is 0 Å². The van der Waals surface area contributed by atoms with Gasteiger partial charge in [-0.15, -0.1) is 0 Å². The molecule has 4 unspecified atom stereocenters. The molecule has 0 N–H and O–H groups in total. The number of nitriles is 2. The first-order chi connectivity index (χ1) is 23.2. The summed E-state index contributed by atoms with van der Waals surface area (Å²) in [7, 11) is -5.01. The van der Waals surface area contributed by atoms with Crippen LogP contribution in [0.3, 0.4) is 0 Å². The van der Waals surface area contributed by atoms with E-state index >= 15 is 0 Å². The average Bonchev–Trinajstić information content (AvgIpc) is 3.67. The number of hydrogen-bond donors (Lipinski definition) is 0. The predicted molar refractivity (Wildman–Crippen MR) is 168 cm³/mol. The Morgan fingerprint density at radius 3 is 1.55 bits per heavy atom. The number of rotatable bonds is 10. The summed E-state index contributed by atoms with van der Waals surface area (Å²) in [5, 5.41) is 19.0. The second-order valence-corrected chi connectivity index (χ2v) is 14.9. The van der Waals surface area contributed by atoms with Crippen molar-refractivity contribution in [2.45, 2.75) is 88.9 Å². The largest absolute Gasteiger partial charge is 0.756 e. The van der Waals surface area contributed by atoms with Crippen LogP contribution < -0.4 is 14.4 Å². The van der Waals surface area contributed by atoms with E-state index in [4.69, 9.17) is 28.0 Å². The molecule has 2 amide bonds. The Balaban J connectivity index is 1.15. The van der Waals surface area contributed by atoms with Gasteiger partial charge in [-0.2, -0.15) is 10.5 Å². The molecule has 15 heteroatoms. The molecule has 0 spiro atoms. The smallest absolute Gasteiger partial charge is 0.272 e. The monoisotopic (exact) mass is 693 g/mol. The fourth-order valence-corrected chi connectivity index (χ4v) is 7.65. The van der Waals surface area contributed by atoms with Crippen molar-refractivity contribution in [3.8, 4) is 23.6 Å². The van der Waals surface area contributed by atoms with Gasteiger partial charge in [0.25, 0.3) is 7.82 Å². The Bertz CT molecular complexity index is 1640. The zero-order chi connectivity index (χ0) is 35.1. The molecule has 2 aromatic carbocycles. The van der Waals surface area contributed by atoms with E-state index in [1.54, 1.807) is 73.9 Å². The van der Waals surface area contributed by atoms with Crippen molar-refractivity contribution in [2.75, 3.05) is 26.7 Å². The molecule has 2 saturated heterocycles. The molecular weight excluding hydrogens is 655 g/mol. The lowest BCUT2D eigenvalue weighted by atomic mass is 9.85. The van der Waals surface area contributed by atoms with E-state index in [1.165, 1.54) is 0 Å². The van der Waals surface area contributed by atoms with Gasteiger partial charge in [-0.3, -0.25) is 23.2 Å². The highest BCUT2D eigenvalue weighted by atomic mass is 31.2. The molecule has 260 valence electrons. The van der Waals surface area contributed by atoms with Gasteiger partial charge in [0.05, 0.1) is 35.3 Å². The number of ether oxygens (including phenoxy) is 4. The number of likely N-dealkylation sites (tertiary alicyclic amines) is 2. The molecule has 2 aromatic rings. The Labute approximate surface area is 284 Å². The first-order valence-corrected chi connectivity index (χ1v) is 17.6. The molecule has 4 aliphatic rings. The SMILES string of the molecule is CC1(C)Oc2ccc(C#N)cc2C(N2CCCC2=O)C1OCOP(=O)([O-])OCOC1C(N2CCCC2=O)c2cc(C#N)ccc2OC1(C)C. The third-order valence-electron chi connectivity index (χ3n) is 9.41. The lowest BCUT2D eigenvalue weighted by Gasteiger charge is -2.47. The maximum absolute atomic E-state index is 12.9. The maximum Gasteiger partial charge on any atom is 0.272 e. The molecule has 14 nitrogen and oxygen atoms in total. The number of carbonyl (C=O) groups is 2. The highest BCUT2D eigenvalue weighted by molar-refractivity contribution is 7.45. The Hall–Kier alpha value is -4.01. The number of hydrogen-bond acceptors (Lipinski definition) is 12. The van der Waals surface area contributed by atoms with Crippen LogP contribution in [0.2, 0.25) is 0 Å². The number of carbonyl (C=O) groups excluding carboxylic acids is 2. The van der Waals surface area contributed by atoms with Gasteiger partial charge < -0.3 is 33.6 Å². The van der Waals surface area contributed by atoms with Gasteiger partial charge in [-0.1, -0.05) is 0 Å². The zero-order valence-electron chi connectivity index (χ0n) is 27.7. The van der Waals surface area contributed by atoms with Gasteiger partial charge in [0.15, 0.2) is 13.6 Å². The van der Waals surface area contributed by atoms with Crippen LogP contribution in [0.1, 0.15) is 87.7 Å². The molecule has 0 radical (unpaired) electrons. The number of benzene rings is 2. The first-order valence-electron chi connectivity index (χ1n) is 16.1. The number of fused-ring (bicyclic) bond motifs is 2. The summed E-state index contributed by atoms with van der Waals surface area (Å²) in [4.78, 5) is 42.1. The van der Waals surface area contributed by atoms with E-state index in [0.717, 1.165) is 0 Å². The molecule has 4 heterocycles. The predicted octanol–water partition coefficient (Wildman–Crippen LogP) is 3.99. The van der Waals surface area contributed by atoms with Crippen molar-refractivity contribution in [3.63, 3.8) is 0 Å². The van der Waals surface area contributed by atoms with Crippen LogP contribution in [0.25, 0.3) is 0 Å². The van der Waals surface area contributed by atoms with Crippen LogP contribution >= 0.6 is 7.82 Å². The van der Waals surface area contributed by atoms with E-state index in [2.05, 4.69) is 12.1 Å². The summed E-state index contributed by atoms with van der Waals surface area (Å²) >= 11 is 0. The molecule has 0 aromatic heterocycles. The van der Waals surface area contributed by atoms with Gasteiger partial charge in [-0.25, -0.2) is 0 Å². The quantitative estimate of drug-likeness (QED) is 0.258. The summed E-state index contributed by atoms with van der Waals surface area (Å²) in [5.74, 6) is 0.824. The summed E-state index contributed by atoms with van der Waals surface area (Å²) in [6.07, 6.45) is 0.278. The van der Waals surface area contributed by atoms with Crippen LogP contribution in [-0.2, 0) is 32.7 Å². The highest BCUT2D eigenvalue weighted by Crippen LogP contribution is 2.48. The first kappa shape index (κ1) is 34.8. The minimum Gasteiger partial charge on any atom is -0.756 e. The molecule has 0 bridgehead atoms. The molecule has 4 atom stereocenters. The third kappa shape index (κ3) is 6.90. The minimum absolute atomic E-state index is 0.0875. The van der Waals surface area contributed by atoms with E-state index in [9.17, 15) is 29.6 Å². The topological polar surface area (TPSA) is 184 Å². The molecule has 49 heavy (non-hydrogen) atoms. The lowest BCUT2D eigenvalue weighted by molar-refractivity contribution is -0.253. The van der Waals surface area contributed by atoms with Crippen molar-refractivity contribution in [1.82, 2.24) is 9.80 Å². The fraction of sp³-hybridized carbons (Fsp3) is 0.529. The Morgan fingerprint density at radius 2 is 1.20 bits per heavy atom. The van der Waals surface area contributed by atoms with Gasteiger partial charge in [0.2, 0.25) is 11.8 Å². The van der Waals surface area contributed by atoms with Crippen molar-refractivity contribution in [3.05, 3.63) is 58.7 Å². The van der Waals surface area contributed by atoms with Gasteiger partial charge in [0.1, 0.15) is 34.9 Å². The molecular formula is C34H38N4O10P-. The lowest BCUT2D eigenvalue weighted by Crippen LogP contribution is -2.55. The summed E-state index contributed by atoms with van der Waals surface area (Å²) < 4.78 is 47.6. The van der Waals surface area contributed by atoms with E-state index in [1.807, 2.05) is 0 Å². The molecule has 2 fully saturated rings. The molecule has 0 aliphatic carbocycles. The minimum atomic E-state index is -5.01.